The molecule has 1 heterocycles. The summed E-state index contributed by atoms with van der Waals surface area (Å²) in [6.45, 7) is 2.46. The molecule has 0 bridgehead atoms. The number of amides is 2. The minimum Gasteiger partial charge on any atom is -0.490 e. The van der Waals surface area contributed by atoms with Crippen molar-refractivity contribution in [1.82, 2.24) is 10.3 Å². The predicted octanol–water partition coefficient (Wildman–Crippen LogP) is 3.40. The maximum atomic E-state index is 11.7. The van der Waals surface area contributed by atoms with Crippen LogP contribution in [0, 0.1) is 0 Å². The second-order valence-electron chi connectivity index (χ2n) is 4.16. The minimum absolute atomic E-state index is 0.0178. The summed E-state index contributed by atoms with van der Waals surface area (Å²) in [5.74, 6) is 1.66. The van der Waals surface area contributed by atoms with Crippen LogP contribution in [0.1, 0.15) is 6.92 Å². The molecule has 0 aliphatic carbocycles. The number of pyridine rings is 1. The van der Waals surface area contributed by atoms with Gasteiger partial charge in [0.15, 0.2) is 18.2 Å². The molecule has 2 amide bonds. The van der Waals surface area contributed by atoms with Gasteiger partial charge >= 0.3 is 6.03 Å². The van der Waals surface area contributed by atoms with E-state index >= 15 is 0 Å². The standard InChI is InChI=1S/C15H16BrN3O3/c1-2-21-12-5-3-4-6-13(12)22-10-18-15(20)19-14-9-11(16)7-8-17-14/h3-9H,2,10H2,1H3,(H2,17,18,19,20). The van der Waals surface area contributed by atoms with Crippen molar-refractivity contribution in [1.29, 1.82) is 0 Å². The van der Waals surface area contributed by atoms with Crippen LogP contribution in [0.2, 0.25) is 0 Å². The first kappa shape index (κ1) is 16.1. The van der Waals surface area contributed by atoms with Crippen LogP contribution in [0.25, 0.3) is 0 Å². The molecule has 2 rings (SSSR count). The average molecular weight is 366 g/mol. The molecule has 0 fully saturated rings. The number of hydrogen-bond donors (Lipinski definition) is 2. The Morgan fingerprint density at radius 3 is 2.64 bits per heavy atom. The molecule has 6 nitrogen and oxygen atoms in total. The zero-order valence-corrected chi connectivity index (χ0v) is 13.6. The summed E-state index contributed by atoms with van der Waals surface area (Å²) in [5, 5.41) is 5.19. The third-order valence-electron chi connectivity index (χ3n) is 2.57. The normalized spacial score (nSPS) is 9.91. The van der Waals surface area contributed by atoms with E-state index in [1.54, 1.807) is 24.4 Å². The number of nitrogens with zero attached hydrogens (tertiary/aromatic N) is 1. The molecule has 0 spiro atoms. The second-order valence-corrected chi connectivity index (χ2v) is 5.07. The highest BCUT2D eigenvalue weighted by molar-refractivity contribution is 9.10. The summed E-state index contributed by atoms with van der Waals surface area (Å²) in [6.07, 6.45) is 1.59. The number of benzene rings is 1. The van der Waals surface area contributed by atoms with E-state index in [1.807, 2.05) is 25.1 Å². The molecule has 0 unspecified atom stereocenters. The van der Waals surface area contributed by atoms with Crippen LogP contribution in [0.5, 0.6) is 11.5 Å². The first-order valence-electron chi connectivity index (χ1n) is 6.70. The third kappa shape index (κ3) is 4.92. The van der Waals surface area contributed by atoms with Crippen LogP contribution in [-0.4, -0.2) is 24.4 Å². The maximum absolute atomic E-state index is 11.7. The number of rotatable bonds is 6. The number of hydrogen-bond acceptors (Lipinski definition) is 4. The van der Waals surface area contributed by atoms with Crippen molar-refractivity contribution >= 4 is 27.8 Å². The van der Waals surface area contributed by atoms with Crippen LogP contribution in [0.3, 0.4) is 0 Å². The summed E-state index contributed by atoms with van der Waals surface area (Å²) in [4.78, 5) is 15.8. The summed E-state index contributed by atoms with van der Waals surface area (Å²) in [6, 6.07) is 10.4. The van der Waals surface area contributed by atoms with Crippen LogP contribution in [0.4, 0.5) is 10.6 Å². The topological polar surface area (TPSA) is 72.5 Å². The number of nitrogens with one attached hydrogen (secondary N) is 2. The minimum atomic E-state index is -0.403. The highest BCUT2D eigenvalue weighted by atomic mass is 79.9. The lowest BCUT2D eigenvalue weighted by Gasteiger charge is -2.12. The van der Waals surface area contributed by atoms with Crippen molar-refractivity contribution in [2.24, 2.45) is 0 Å². The van der Waals surface area contributed by atoms with E-state index in [1.165, 1.54) is 0 Å². The van der Waals surface area contributed by atoms with Gasteiger partial charge in [0, 0.05) is 10.7 Å². The Morgan fingerprint density at radius 2 is 1.95 bits per heavy atom. The lowest BCUT2D eigenvalue weighted by molar-refractivity contribution is 0.229. The fourth-order valence-corrected chi connectivity index (χ4v) is 1.99. The molecule has 0 radical (unpaired) electrons. The molecule has 1 aromatic carbocycles. The van der Waals surface area contributed by atoms with Gasteiger partial charge in [-0.3, -0.25) is 5.32 Å². The van der Waals surface area contributed by atoms with Gasteiger partial charge in [-0.2, -0.15) is 0 Å². The first-order chi connectivity index (χ1) is 10.7. The SMILES string of the molecule is CCOc1ccccc1OCNC(=O)Nc1cc(Br)ccn1. The third-order valence-corrected chi connectivity index (χ3v) is 3.07. The molecule has 2 aromatic rings. The quantitative estimate of drug-likeness (QED) is 0.769. The predicted molar refractivity (Wildman–Crippen MR) is 87.2 cm³/mol. The molecular weight excluding hydrogens is 350 g/mol. The number of para-hydroxylation sites is 2. The van der Waals surface area contributed by atoms with E-state index in [0.29, 0.717) is 23.9 Å². The van der Waals surface area contributed by atoms with Gasteiger partial charge in [-0.25, -0.2) is 9.78 Å². The van der Waals surface area contributed by atoms with Crippen molar-refractivity contribution in [3.05, 3.63) is 47.1 Å². The van der Waals surface area contributed by atoms with Crippen LogP contribution < -0.4 is 20.1 Å². The van der Waals surface area contributed by atoms with Crippen LogP contribution in [0.15, 0.2) is 47.1 Å². The maximum Gasteiger partial charge on any atom is 0.323 e. The average Bonchev–Trinajstić information content (AvgIpc) is 2.49. The molecule has 7 heteroatoms. The number of aromatic nitrogens is 1. The Labute approximate surface area is 137 Å². The molecule has 0 atom stereocenters. The largest absolute Gasteiger partial charge is 0.490 e. The Kier molecular flexibility index (Phi) is 6.02. The Balaban J connectivity index is 1.82. The van der Waals surface area contributed by atoms with Crippen LogP contribution >= 0.6 is 15.9 Å². The Hall–Kier alpha value is -2.28. The summed E-state index contributed by atoms with van der Waals surface area (Å²) in [5.41, 5.74) is 0. The Bertz CT molecular complexity index is 637. The Morgan fingerprint density at radius 1 is 1.23 bits per heavy atom. The molecule has 1 aromatic heterocycles. The number of carbonyl (C=O) groups is 1. The van der Waals surface area contributed by atoms with Gasteiger partial charge in [0.2, 0.25) is 0 Å². The number of carbonyl (C=O) groups excluding carboxylic acids is 1. The number of ether oxygens (including phenoxy) is 2. The van der Waals surface area contributed by atoms with Gasteiger partial charge < -0.3 is 14.8 Å². The number of anilines is 1. The van der Waals surface area contributed by atoms with E-state index in [4.69, 9.17) is 9.47 Å². The van der Waals surface area contributed by atoms with Gasteiger partial charge in [-0.15, -0.1) is 0 Å². The van der Waals surface area contributed by atoms with Crippen molar-refractivity contribution in [3.8, 4) is 11.5 Å². The highest BCUT2D eigenvalue weighted by Gasteiger charge is 2.05. The lowest BCUT2D eigenvalue weighted by atomic mass is 10.3. The van der Waals surface area contributed by atoms with E-state index in [9.17, 15) is 4.79 Å². The summed E-state index contributed by atoms with van der Waals surface area (Å²) < 4.78 is 11.8. The van der Waals surface area contributed by atoms with Crippen molar-refractivity contribution < 1.29 is 14.3 Å². The molecule has 22 heavy (non-hydrogen) atoms. The van der Waals surface area contributed by atoms with Gasteiger partial charge in [0.1, 0.15) is 5.82 Å². The van der Waals surface area contributed by atoms with E-state index in [-0.39, 0.29) is 6.73 Å². The smallest absolute Gasteiger partial charge is 0.323 e. The molecule has 116 valence electrons. The molecule has 0 aliphatic rings. The first-order valence-corrected chi connectivity index (χ1v) is 7.49. The van der Waals surface area contributed by atoms with E-state index in [2.05, 4.69) is 31.5 Å². The van der Waals surface area contributed by atoms with E-state index in [0.717, 1.165) is 4.47 Å². The van der Waals surface area contributed by atoms with Crippen molar-refractivity contribution in [2.45, 2.75) is 6.92 Å². The zero-order chi connectivity index (χ0) is 15.8. The molecular formula is C15H16BrN3O3. The molecule has 0 aliphatic heterocycles. The number of urea groups is 1. The van der Waals surface area contributed by atoms with Crippen LogP contribution in [-0.2, 0) is 0 Å². The number of halogens is 1. The molecule has 0 saturated heterocycles. The van der Waals surface area contributed by atoms with E-state index < -0.39 is 6.03 Å². The van der Waals surface area contributed by atoms with Gasteiger partial charge in [-0.05, 0) is 31.2 Å². The summed E-state index contributed by atoms with van der Waals surface area (Å²) >= 11 is 3.31. The summed E-state index contributed by atoms with van der Waals surface area (Å²) in [7, 11) is 0. The van der Waals surface area contributed by atoms with Gasteiger partial charge in [0.05, 0.1) is 6.61 Å². The monoisotopic (exact) mass is 365 g/mol. The second kappa shape index (κ2) is 8.23. The van der Waals surface area contributed by atoms with Crippen molar-refractivity contribution in [2.75, 3.05) is 18.7 Å². The molecule has 2 N–H and O–H groups in total. The highest BCUT2D eigenvalue weighted by Crippen LogP contribution is 2.25. The van der Waals surface area contributed by atoms with Gasteiger partial charge in [0.25, 0.3) is 0 Å². The van der Waals surface area contributed by atoms with Gasteiger partial charge in [-0.1, -0.05) is 28.1 Å². The molecule has 0 saturated carbocycles. The fourth-order valence-electron chi connectivity index (χ4n) is 1.66. The van der Waals surface area contributed by atoms with Crippen molar-refractivity contribution in [3.63, 3.8) is 0 Å². The zero-order valence-electron chi connectivity index (χ0n) is 12.0. The fraction of sp³-hybridized carbons (Fsp3) is 0.200. The lowest BCUT2D eigenvalue weighted by Crippen LogP contribution is -2.32.